The van der Waals surface area contributed by atoms with E-state index in [2.05, 4.69) is 26.3 Å². The van der Waals surface area contributed by atoms with Crippen molar-refractivity contribution in [3.05, 3.63) is 26.4 Å². The van der Waals surface area contributed by atoms with Crippen LogP contribution in [-0.4, -0.2) is 0 Å². The van der Waals surface area contributed by atoms with Gasteiger partial charge in [-0.1, -0.05) is 0 Å². The van der Waals surface area contributed by atoms with Gasteiger partial charge in [-0.2, -0.15) is 0 Å². The molecule has 2 N–H and O–H groups in total. The van der Waals surface area contributed by atoms with Crippen LogP contribution in [0.25, 0.3) is 0 Å². The van der Waals surface area contributed by atoms with Crippen LogP contribution in [0.1, 0.15) is 0 Å². The van der Waals surface area contributed by atoms with Crippen molar-refractivity contribution in [2.24, 2.45) is 10.4 Å². The van der Waals surface area contributed by atoms with Gasteiger partial charge in [0.15, 0.2) is 0 Å². The number of nitrogen functional groups attached to an aromatic ring is 1. The number of benzene rings is 1. The summed E-state index contributed by atoms with van der Waals surface area (Å²) in [5.41, 5.74) is 5.77. The number of anilines is 1. The van der Waals surface area contributed by atoms with Gasteiger partial charge < -0.3 is 5.73 Å². The first-order valence-electron chi connectivity index (χ1n) is 2.94. The highest BCUT2D eigenvalue weighted by atomic mass is 79.9. The van der Waals surface area contributed by atoms with Crippen LogP contribution in [0.2, 0.25) is 0 Å². The lowest BCUT2D eigenvalue weighted by Gasteiger charge is -1.99. The molecule has 0 aliphatic heterocycles. The van der Waals surface area contributed by atoms with E-state index < -0.39 is 0 Å². The largest absolute Gasteiger partial charge is 0.396 e. The fourth-order valence-corrected chi connectivity index (χ4v) is 1.16. The third kappa shape index (κ3) is 1.48. The van der Waals surface area contributed by atoms with Gasteiger partial charge in [-0.05, 0) is 38.4 Å². The quantitative estimate of drug-likeness (QED) is 0.625. The molecule has 1 rings (SSSR count). The van der Waals surface area contributed by atoms with Crippen LogP contribution in [0.4, 0.5) is 17.1 Å². The van der Waals surface area contributed by atoms with Crippen molar-refractivity contribution in [1.29, 1.82) is 0 Å². The van der Waals surface area contributed by atoms with Crippen molar-refractivity contribution in [3.8, 4) is 0 Å². The lowest BCUT2D eigenvalue weighted by atomic mass is 10.2. The van der Waals surface area contributed by atoms with E-state index in [1.165, 1.54) is 12.1 Å². The second-order valence-electron chi connectivity index (χ2n) is 2.04. The number of nitrogens with zero attached hydrogens (tertiary/aromatic N) is 2. The Labute approximate surface area is 76.0 Å². The maximum atomic E-state index is 10.2. The molecule has 0 heterocycles. The van der Waals surface area contributed by atoms with E-state index in [0.29, 0.717) is 4.47 Å². The van der Waals surface area contributed by atoms with E-state index in [9.17, 15) is 9.81 Å². The van der Waals surface area contributed by atoms with Gasteiger partial charge in [0.05, 0.1) is 5.69 Å². The van der Waals surface area contributed by atoms with E-state index in [-0.39, 0.29) is 17.1 Å². The minimum atomic E-state index is 0.0129. The zero-order chi connectivity index (χ0) is 9.14. The Kier molecular flexibility index (Phi) is 2.49. The summed E-state index contributed by atoms with van der Waals surface area (Å²) in [5, 5.41) is 5.28. The summed E-state index contributed by atoms with van der Waals surface area (Å²) in [6, 6.07) is 2.64. The molecule has 1 aromatic carbocycles. The van der Waals surface area contributed by atoms with Crippen molar-refractivity contribution >= 4 is 33.0 Å². The van der Waals surface area contributed by atoms with E-state index in [4.69, 9.17) is 5.73 Å². The number of halogens is 1. The average molecular weight is 230 g/mol. The van der Waals surface area contributed by atoms with Gasteiger partial charge in [0.25, 0.3) is 0 Å². The van der Waals surface area contributed by atoms with Crippen molar-refractivity contribution in [2.45, 2.75) is 0 Å². The third-order valence-electron chi connectivity index (χ3n) is 1.30. The molecule has 12 heavy (non-hydrogen) atoms. The molecule has 0 aromatic heterocycles. The van der Waals surface area contributed by atoms with Gasteiger partial charge in [0.2, 0.25) is 0 Å². The molecular weight excluding hydrogens is 226 g/mol. The molecule has 0 atom stereocenters. The number of rotatable bonds is 2. The summed E-state index contributed by atoms with van der Waals surface area (Å²) < 4.78 is 0.439. The summed E-state index contributed by atoms with van der Waals surface area (Å²) in [6.07, 6.45) is 0. The van der Waals surface area contributed by atoms with Crippen LogP contribution < -0.4 is 5.73 Å². The van der Waals surface area contributed by atoms with Crippen LogP contribution in [0.15, 0.2) is 27.0 Å². The molecule has 0 spiro atoms. The lowest BCUT2D eigenvalue weighted by Crippen LogP contribution is -1.86. The first-order chi connectivity index (χ1) is 5.69. The van der Waals surface area contributed by atoms with Crippen LogP contribution in [-0.2, 0) is 0 Å². The highest BCUT2D eigenvalue weighted by Crippen LogP contribution is 2.34. The van der Waals surface area contributed by atoms with Crippen molar-refractivity contribution < 1.29 is 0 Å². The van der Waals surface area contributed by atoms with Crippen LogP contribution in [0.5, 0.6) is 0 Å². The Balaban J connectivity index is 3.37. The molecule has 0 radical (unpaired) electrons. The molecular formula is C6H4BrN3O2. The molecule has 0 unspecified atom stereocenters. The number of nitrogens with two attached hydrogens (primary N) is 1. The standard InChI is InChI=1S/C6H4BrN3O2/c7-4-1-3(9-11)2-5(10-12)6(4)8/h1-2H,8H2. The fourth-order valence-electron chi connectivity index (χ4n) is 0.718. The summed E-state index contributed by atoms with van der Waals surface area (Å²) in [7, 11) is 0. The predicted octanol–water partition coefficient (Wildman–Crippen LogP) is 2.83. The lowest BCUT2D eigenvalue weighted by molar-refractivity contribution is 1.43. The summed E-state index contributed by atoms with van der Waals surface area (Å²) in [6.45, 7) is 0. The van der Waals surface area contributed by atoms with Crippen LogP contribution >= 0.6 is 15.9 Å². The molecule has 0 saturated carbocycles. The first kappa shape index (κ1) is 8.79. The first-order valence-corrected chi connectivity index (χ1v) is 3.74. The second kappa shape index (κ2) is 3.40. The normalized spacial score (nSPS) is 9.42. The van der Waals surface area contributed by atoms with Crippen molar-refractivity contribution in [1.82, 2.24) is 0 Å². The molecule has 0 saturated heterocycles. The smallest absolute Gasteiger partial charge is 0.134 e. The summed E-state index contributed by atoms with van der Waals surface area (Å²) in [4.78, 5) is 20.2. The maximum Gasteiger partial charge on any atom is 0.134 e. The van der Waals surface area contributed by atoms with Crippen molar-refractivity contribution in [2.75, 3.05) is 5.73 Å². The highest BCUT2D eigenvalue weighted by Gasteiger charge is 2.06. The van der Waals surface area contributed by atoms with Crippen molar-refractivity contribution in [3.63, 3.8) is 0 Å². The number of nitroso groups, excluding NO2 is 2. The monoisotopic (exact) mass is 229 g/mol. The minimum Gasteiger partial charge on any atom is -0.396 e. The zero-order valence-corrected chi connectivity index (χ0v) is 7.41. The Hall–Kier alpha value is -1.30. The van der Waals surface area contributed by atoms with E-state index in [1.807, 2.05) is 0 Å². The Bertz CT molecular complexity index is 340. The molecule has 0 aliphatic rings. The van der Waals surface area contributed by atoms with Crippen LogP contribution in [0, 0.1) is 9.81 Å². The number of hydrogen-bond acceptors (Lipinski definition) is 5. The molecule has 0 fully saturated rings. The van der Waals surface area contributed by atoms with Crippen LogP contribution in [0.3, 0.4) is 0 Å². The molecule has 5 nitrogen and oxygen atoms in total. The Morgan fingerprint density at radius 2 is 1.92 bits per heavy atom. The zero-order valence-electron chi connectivity index (χ0n) is 5.82. The molecule has 0 amide bonds. The van der Waals surface area contributed by atoms with Gasteiger partial charge in [0, 0.05) is 4.47 Å². The van der Waals surface area contributed by atoms with E-state index >= 15 is 0 Å². The highest BCUT2D eigenvalue weighted by molar-refractivity contribution is 9.10. The Morgan fingerprint density at radius 3 is 2.42 bits per heavy atom. The molecule has 0 bridgehead atoms. The topological polar surface area (TPSA) is 84.9 Å². The number of hydrogen-bond donors (Lipinski definition) is 1. The molecule has 0 aliphatic carbocycles. The second-order valence-corrected chi connectivity index (χ2v) is 2.90. The maximum absolute atomic E-state index is 10.2. The predicted molar refractivity (Wildman–Crippen MR) is 49.5 cm³/mol. The van der Waals surface area contributed by atoms with Gasteiger partial charge in [0.1, 0.15) is 11.4 Å². The molecule has 6 heteroatoms. The van der Waals surface area contributed by atoms with Gasteiger partial charge in [-0.25, -0.2) is 0 Å². The Morgan fingerprint density at radius 1 is 1.25 bits per heavy atom. The van der Waals surface area contributed by atoms with E-state index in [0.717, 1.165) is 0 Å². The fraction of sp³-hybridized carbons (Fsp3) is 0. The average Bonchev–Trinajstić information content (AvgIpc) is 2.09. The van der Waals surface area contributed by atoms with Gasteiger partial charge in [-0.15, -0.1) is 9.81 Å². The van der Waals surface area contributed by atoms with Gasteiger partial charge in [-0.3, -0.25) is 0 Å². The summed E-state index contributed by atoms with van der Waals surface area (Å²) >= 11 is 3.06. The minimum absolute atomic E-state index is 0.0129. The molecule has 62 valence electrons. The third-order valence-corrected chi connectivity index (χ3v) is 1.95. The SMILES string of the molecule is Nc1c(Br)cc(N=O)cc1N=O. The molecule has 1 aromatic rings. The van der Waals surface area contributed by atoms with E-state index in [1.54, 1.807) is 0 Å². The van der Waals surface area contributed by atoms with Gasteiger partial charge >= 0.3 is 0 Å². The summed E-state index contributed by atoms with van der Waals surface area (Å²) in [5.74, 6) is 0.